The molecule has 9 nitrogen and oxygen atoms in total. The SMILES string of the molecule is CC(=O)Nc1nc(CCc2cccc(CNC(=O)NNC(=O)OC(C)(C)C)c2)cs1. The van der Waals surface area contributed by atoms with Crippen LogP contribution < -0.4 is 21.5 Å². The van der Waals surface area contributed by atoms with Crippen LogP contribution in [0.4, 0.5) is 14.7 Å². The summed E-state index contributed by atoms with van der Waals surface area (Å²) in [5.74, 6) is -0.138. The van der Waals surface area contributed by atoms with Crippen LogP contribution in [-0.4, -0.2) is 28.6 Å². The summed E-state index contributed by atoms with van der Waals surface area (Å²) in [6.07, 6.45) is 0.792. The lowest BCUT2D eigenvalue weighted by Crippen LogP contribution is -2.48. The van der Waals surface area contributed by atoms with Crippen LogP contribution in [0.3, 0.4) is 0 Å². The topological polar surface area (TPSA) is 121 Å². The molecule has 0 fully saturated rings. The number of ether oxygens (including phenoxy) is 1. The minimum atomic E-state index is -0.733. The van der Waals surface area contributed by atoms with E-state index in [0.29, 0.717) is 11.7 Å². The molecule has 0 radical (unpaired) electrons. The van der Waals surface area contributed by atoms with E-state index in [1.807, 2.05) is 29.6 Å². The summed E-state index contributed by atoms with van der Waals surface area (Å²) in [6.45, 7) is 6.95. The van der Waals surface area contributed by atoms with E-state index in [4.69, 9.17) is 4.74 Å². The van der Waals surface area contributed by atoms with Gasteiger partial charge in [0.05, 0.1) is 5.69 Å². The van der Waals surface area contributed by atoms with Crippen molar-refractivity contribution in [2.45, 2.75) is 52.7 Å². The van der Waals surface area contributed by atoms with Crippen LogP contribution in [0, 0.1) is 0 Å². The molecule has 1 heterocycles. The highest BCUT2D eigenvalue weighted by Gasteiger charge is 2.16. The van der Waals surface area contributed by atoms with Gasteiger partial charge in [-0.2, -0.15) is 0 Å². The van der Waals surface area contributed by atoms with E-state index in [2.05, 4.69) is 26.5 Å². The molecule has 30 heavy (non-hydrogen) atoms. The number of anilines is 1. The predicted octanol–water partition coefficient (Wildman–Crippen LogP) is 3.13. The number of nitrogens with one attached hydrogen (secondary N) is 4. The van der Waals surface area contributed by atoms with Crippen LogP contribution in [0.2, 0.25) is 0 Å². The van der Waals surface area contributed by atoms with E-state index in [-0.39, 0.29) is 5.91 Å². The van der Waals surface area contributed by atoms with E-state index in [1.54, 1.807) is 20.8 Å². The molecule has 4 N–H and O–H groups in total. The molecule has 0 aliphatic carbocycles. The Bertz CT molecular complexity index is 891. The first-order chi connectivity index (χ1) is 14.1. The third-order valence-electron chi connectivity index (χ3n) is 3.63. The van der Waals surface area contributed by atoms with E-state index in [1.165, 1.54) is 18.3 Å². The number of aryl methyl sites for hydroxylation is 2. The molecule has 0 atom stereocenters. The quantitative estimate of drug-likeness (QED) is 0.522. The number of hydrazine groups is 1. The average Bonchev–Trinajstić information content (AvgIpc) is 3.08. The summed E-state index contributed by atoms with van der Waals surface area (Å²) < 4.78 is 5.03. The molecular formula is C20H27N5O4S. The highest BCUT2D eigenvalue weighted by Crippen LogP contribution is 2.17. The first-order valence-corrected chi connectivity index (χ1v) is 10.3. The molecule has 0 saturated heterocycles. The van der Waals surface area contributed by atoms with Gasteiger partial charge in [0.1, 0.15) is 5.60 Å². The minimum Gasteiger partial charge on any atom is -0.443 e. The number of nitrogens with zero attached hydrogens (tertiary/aromatic N) is 1. The van der Waals surface area contributed by atoms with Crippen LogP contribution in [0.1, 0.15) is 44.5 Å². The zero-order valence-corrected chi connectivity index (χ0v) is 18.3. The number of amides is 4. The van der Waals surface area contributed by atoms with Crippen LogP contribution in [-0.2, 0) is 28.9 Å². The van der Waals surface area contributed by atoms with E-state index < -0.39 is 17.7 Å². The van der Waals surface area contributed by atoms with Crippen molar-refractivity contribution in [3.8, 4) is 0 Å². The van der Waals surface area contributed by atoms with Gasteiger partial charge in [-0.3, -0.25) is 4.79 Å². The van der Waals surface area contributed by atoms with Crippen LogP contribution in [0.5, 0.6) is 0 Å². The number of aromatic nitrogens is 1. The fraction of sp³-hybridized carbons (Fsp3) is 0.400. The summed E-state index contributed by atoms with van der Waals surface area (Å²) in [5, 5.41) is 7.87. The molecule has 0 unspecified atom stereocenters. The van der Waals surface area contributed by atoms with E-state index in [0.717, 1.165) is 29.7 Å². The van der Waals surface area contributed by atoms with E-state index in [9.17, 15) is 14.4 Å². The minimum absolute atomic E-state index is 0.138. The van der Waals surface area contributed by atoms with Gasteiger partial charge in [-0.25, -0.2) is 25.4 Å². The van der Waals surface area contributed by atoms with Gasteiger partial charge in [-0.05, 0) is 44.7 Å². The number of urea groups is 1. The monoisotopic (exact) mass is 433 g/mol. The summed E-state index contributed by atoms with van der Waals surface area (Å²) in [5.41, 5.74) is 6.73. The predicted molar refractivity (Wildman–Crippen MR) is 115 cm³/mol. The van der Waals surface area contributed by atoms with Crippen molar-refractivity contribution in [1.82, 2.24) is 21.2 Å². The molecule has 0 aliphatic rings. The largest absolute Gasteiger partial charge is 0.443 e. The number of thiazole rings is 1. The van der Waals surface area contributed by atoms with Crippen molar-refractivity contribution in [2.75, 3.05) is 5.32 Å². The summed E-state index contributed by atoms with van der Waals surface area (Å²) >= 11 is 1.40. The summed E-state index contributed by atoms with van der Waals surface area (Å²) in [4.78, 5) is 38.8. The van der Waals surface area contributed by atoms with Gasteiger partial charge in [0.25, 0.3) is 0 Å². The van der Waals surface area contributed by atoms with Crippen LogP contribution in [0.15, 0.2) is 29.6 Å². The van der Waals surface area contributed by atoms with Crippen molar-refractivity contribution in [2.24, 2.45) is 0 Å². The molecule has 1 aromatic heterocycles. The Kier molecular flexibility index (Phi) is 8.16. The molecule has 2 aromatic rings. The van der Waals surface area contributed by atoms with Crippen LogP contribution in [0.25, 0.3) is 0 Å². The molecule has 0 aliphatic heterocycles. The Morgan fingerprint density at radius 3 is 2.53 bits per heavy atom. The second kappa shape index (κ2) is 10.6. The lowest BCUT2D eigenvalue weighted by atomic mass is 10.1. The number of carbonyl (C=O) groups is 3. The second-order valence-corrected chi connectivity index (χ2v) is 8.44. The van der Waals surface area contributed by atoms with E-state index >= 15 is 0 Å². The Labute approximate surface area is 179 Å². The number of benzene rings is 1. The molecule has 10 heteroatoms. The molecule has 4 amide bonds. The Hall–Kier alpha value is -3.14. The molecule has 0 spiro atoms. The molecule has 0 saturated carbocycles. The maximum atomic E-state index is 11.8. The second-order valence-electron chi connectivity index (χ2n) is 7.58. The molecule has 2 rings (SSSR count). The van der Waals surface area contributed by atoms with Crippen molar-refractivity contribution in [3.05, 3.63) is 46.5 Å². The first kappa shape index (κ1) is 23.1. The Morgan fingerprint density at radius 2 is 1.83 bits per heavy atom. The maximum Gasteiger partial charge on any atom is 0.426 e. The third kappa shape index (κ3) is 8.91. The van der Waals surface area contributed by atoms with Gasteiger partial charge in [-0.15, -0.1) is 11.3 Å². The van der Waals surface area contributed by atoms with Gasteiger partial charge < -0.3 is 15.4 Å². The molecular weight excluding hydrogens is 406 g/mol. The fourth-order valence-corrected chi connectivity index (χ4v) is 3.23. The summed E-state index contributed by atoms with van der Waals surface area (Å²) in [7, 11) is 0. The van der Waals surface area contributed by atoms with Gasteiger partial charge >= 0.3 is 12.1 Å². The van der Waals surface area contributed by atoms with Crippen molar-refractivity contribution < 1.29 is 19.1 Å². The van der Waals surface area contributed by atoms with Gasteiger partial charge in [-0.1, -0.05) is 24.3 Å². The van der Waals surface area contributed by atoms with Crippen molar-refractivity contribution in [1.29, 1.82) is 0 Å². The Balaban J connectivity index is 1.77. The lowest BCUT2D eigenvalue weighted by molar-refractivity contribution is -0.114. The highest BCUT2D eigenvalue weighted by molar-refractivity contribution is 7.13. The van der Waals surface area contributed by atoms with Crippen molar-refractivity contribution >= 4 is 34.5 Å². The average molecular weight is 434 g/mol. The molecule has 1 aromatic carbocycles. The zero-order valence-electron chi connectivity index (χ0n) is 17.5. The normalized spacial score (nSPS) is 10.8. The fourth-order valence-electron chi connectivity index (χ4n) is 2.44. The van der Waals surface area contributed by atoms with Gasteiger partial charge in [0.2, 0.25) is 5.91 Å². The zero-order chi connectivity index (χ0) is 22.1. The van der Waals surface area contributed by atoms with Gasteiger partial charge in [0, 0.05) is 18.8 Å². The standard InChI is InChI=1S/C20H27N5O4S/c1-13(26)22-18-23-16(12-30-18)9-8-14-6-5-7-15(10-14)11-21-17(27)24-25-19(28)29-20(2,3)4/h5-7,10,12H,8-9,11H2,1-4H3,(H,25,28)(H2,21,24,27)(H,22,23,26). The summed E-state index contributed by atoms with van der Waals surface area (Å²) in [6, 6.07) is 7.30. The number of carbonyl (C=O) groups excluding carboxylic acids is 3. The Morgan fingerprint density at radius 1 is 1.10 bits per heavy atom. The number of rotatable bonds is 6. The highest BCUT2D eigenvalue weighted by atomic mass is 32.1. The number of hydrogen-bond acceptors (Lipinski definition) is 6. The number of hydrogen-bond donors (Lipinski definition) is 4. The maximum absolute atomic E-state index is 11.8. The van der Waals surface area contributed by atoms with Crippen molar-refractivity contribution in [3.63, 3.8) is 0 Å². The molecule has 0 bridgehead atoms. The lowest BCUT2D eigenvalue weighted by Gasteiger charge is -2.19. The smallest absolute Gasteiger partial charge is 0.426 e. The molecule has 162 valence electrons. The third-order valence-corrected chi connectivity index (χ3v) is 4.43. The first-order valence-electron chi connectivity index (χ1n) is 9.43. The van der Waals surface area contributed by atoms with Gasteiger partial charge in [0.15, 0.2) is 5.13 Å². The van der Waals surface area contributed by atoms with Crippen LogP contribution >= 0.6 is 11.3 Å².